The van der Waals surface area contributed by atoms with Crippen LogP contribution in [-0.4, -0.2) is 44.3 Å². The zero-order valence-electron chi connectivity index (χ0n) is 11.2. The van der Waals surface area contributed by atoms with Gasteiger partial charge in [-0.2, -0.15) is 0 Å². The molecule has 118 valence electrons. The number of aromatic carboxylic acids is 4. The molecule has 0 heterocycles. The van der Waals surface area contributed by atoms with Crippen LogP contribution in [0.1, 0.15) is 41.4 Å². The van der Waals surface area contributed by atoms with Crippen molar-refractivity contribution in [1.82, 2.24) is 0 Å². The molecule has 2 rings (SSSR count). The highest BCUT2D eigenvalue weighted by Gasteiger charge is 2.27. The van der Waals surface area contributed by atoms with Crippen molar-refractivity contribution in [3.63, 3.8) is 0 Å². The van der Waals surface area contributed by atoms with Gasteiger partial charge in [0, 0.05) is 16.5 Å². The highest BCUT2D eigenvalue weighted by Crippen LogP contribution is 2.34. The highest BCUT2D eigenvalue weighted by atomic mass is 16.4. The summed E-state index contributed by atoms with van der Waals surface area (Å²) in [5.74, 6) is -6.25. The van der Waals surface area contributed by atoms with Crippen LogP contribution in [0.5, 0.6) is 0 Å². The number of nitrogen functional groups attached to an aromatic ring is 1. The van der Waals surface area contributed by atoms with Gasteiger partial charge in [0.05, 0.1) is 22.3 Å². The number of carboxylic acid groups (broad SMARTS) is 4. The Morgan fingerprint density at radius 2 is 1.13 bits per heavy atom. The van der Waals surface area contributed by atoms with Crippen molar-refractivity contribution in [2.45, 2.75) is 0 Å². The van der Waals surface area contributed by atoms with Crippen LogP contribution in [-0.2, 0) is 0 Å². The number of carboxylic acids is 4. The number of hydrogen-bond donors (Lipinski definition) is 5. The predicted octanol–water partition coefficient (Wildman–Crippen LogP) is 1.21. The molecule has 9 nitrogen and oxygen atoms in total. The maximum Gasteiger partial charge on any atom is 0.338 e. The molecule has 2 aromatic carbocycles. The summed E-state index contributed by atoms with van der Waals surface area (Å²) in [4.78, 5) is 45.4. The molecular weight excluding hydrogens is 310 g/mol. The summed E-state index contributed by atoms with van der Waals surface area (Å²) in [6.45, 7) is 0. The standard InChI is InChI=1S/C14H9NO8/c15-7-3-6(13(20)21)8-4(11(16)17)1-2-5(12(18)19)9(8)10(7)14(22)23/h1-3H,15H2,(H,16,17)(H,18,19)(H,20,21)(H,22,23). The lowest BCUT2D eigenvalue weighted by atomic mass is 9.90. The molecule has 0 saturated carbocycles. The lowest BCUT2D eigenvalue weighted by Crippen LogP contribution is -2.13. The second kappa shape index (κ2) is 5.30. The lowest BCUT2D eigenvalue weighted by Gasteiger charge is -2.14. The second-order valence-corrected chi connectivity index (χ2v) is 4.52. The number of hydrogen-bond acceptors (Lipinski definition) is 5. The summed E-state index contributed by atoms with van der Waals surface area (Å²) in [7, 11) is 0. The van der Waals surface area contributed by atoms with Crippen molar-refractivity contribution < 1.29 is 39.6 Å². The van der Waals surface area contributed by atoms with Crippen LogP contribution in [0.15, 0.2) is 18.2 Å². The first-order valence-electron chi connectivity index (χ1n) is 5.99. The van der Waals surface area contributed by atoms with Gasteiger partial charge in [0.1, 0.15) is 0 Å². The number of carbonyl (C=O) groups is 4. The molecule has 0 unspecified atom stereocenters. The number of rotatable bonds is 4. The van der Waals surface area contributed by atoms with Gasteiger partial charge in [-0.1, -0.05) is 0 Å². The SMILES string of the molecule is Nc1cc(C(=O)O)c2c(C(=O)O)ccc(C(=O)O)c2c1C(=O)O. The molecule has 0 amide bonds. The van der Waals surface area contributed by atoms with Gasteiger partial charge in [-0.05, 0) is 18.2 Å². The van der Waals surface area contributed by atoms with Crippen LogP contribution in [0.3, 0.4) is 0 Å². The van der Waals surface area contributed by atoms with Crippen molar-refractivity contribution >= 4 is 40.3 Å². The Morgan fingerprint density at radius 3 is 1.52 bits per heavy atom. The van der Waals surface area contributed by atoms with E-state index in [0.29, 0.717) is 0 Å². The molecule has 23 heavy (non-hydrogen) atoms. The molecule has 0 aromatic heterocycles. The van der Waals surface area contributed by atoms with Gasteiger partial charge in [-0.3, -0.25) is 0 Å². The van der Waals surface area contributed by atoms with E-state index in [2.05, 4.69) is 0 Å². The van der Waals surface area contributed by atoms with Crippen LogP contribution >= 0.6 is 0 Å². The zero-order valence-corrected chi connectivity index (χ0v) is 11.2. The number of nitrogens with two attached hydrogens (primary N) is 1. The topological polar surface area (TPSA) is 175 Å². The van der Waals surface area contributed by atoms with Crippen molar-refractivity contribution in [2.75, 3.05) is 5.73 Å². The monoisotopic (exact) mass is 319 g/mol. The Hall–Kier alpha value is -3.62. The van der Waals surface area contributed by atoms with Gasteiger partial charge in [0.25, 0.3) is 0 Å². The molecule has 0 spiro atoms. The normalized spacial score (nSPS) is 10.4. The number of fused-ring (bicyclic) bond motifs is 1. The summed E-state index contributed by atoms with van der Waals surface area (Å²) in [6, 6.07) is 2.60. The Labute approximate surface area is 127 Å². The summed E-state index contributed by atoms with van der Waals surface area (Å²) in [6.07, 6.45) is 0. The second-order valence-electron chi connectivity index (χ2n) is 4.52. The first kappa shape index (κ1) is 15.8. The maximum absolute atomic E-state index is 11.4. The van der Waals surface area contributed by atoms with Crippen LogP contribution in [0.2, 0.25) is 0 Å². The number of benzene rings is 2. The summed E-state index contributed by atoms with van der Waals surface area (Å²) in [5, 5.41) is 35.9. The molecule has 2 aromatic rings. The Kier molecular flexibility index (Phi) is 3.63. The third kappa shape index (κ3) is 2.39. The largest absolute Gasteiger partial charge is 0.478 e. The van der Waals surface area contributed by atoms with Gasteiger partial charge in [0.15, 0.2) is 0 Å². The minimum Gasteiger partial charge on any atom is -0.478 e. The first-order chi connectivity index (χ1) is 10.7. The Morgan fingerprint density at radius 1 is 0.696 bits per heavy atom. The summed E-state index contributed by atoms with van der Waals surface area (Å²) >= 11 is 0. The minimum atomic E-state index is -1.60. The first-order valence-corrected chi connectivity index (χ1v) is 5.99. The van der Waals surface area contributed by atoms with E-state index in [1.165, 1.54) is 0 Å². The van der Waals surface area contributed by atoms with Gasteiger partial charge < -0.3 is 26.2 Å². The van der Waals surface area contributed by atoms with Gasteiger partial charge in [0.2, 0.25) is 0 Å². The molecule has 0 fully saturated rings. The molecule has 9 heteroatoms. The fourth-order valence-corrected chi connectivity index (χ4v) is 2.34. The zero-order chi connectivity index (χ0) is 17.5. The van der Waals surface area contributed by atoms with Gasteiger partial charge in [-0.15, -0.1) is 0 Å². The lowest BCUT2D eigenvalue weighted by molar-refractivity contribution is 0.0676. The molecule has 6 N–H and O–H groups in total. The van der Waals surface area contributed by atoms with Crippen LogP contribution < -0.4 is 5.73 Å². The quantitative estimate of drug-likeness (QED) is 0.518. The predicted molar refractivity (Wildman–Crippen MR) is 76.2 cm³/mol. The van der Waals surface area contributed by atoms with Crippen molar-refractivity contribution in [3.8, 4) is 0 Å². The highest BCUT2D eigenvalue weighted by molar-refractivity contribution is 6.23. The van der Waals surface area contributed by atoms with Crippen molar-refractivity contribution in [1.29, 1.82) is 0 Å². The molecule has 0 aliphatic carbocycles. The Bertz CT molecular complexity index is 900. The third-order valence-corrected chi connectivity index (χ3v) is 3.22. The third-order valence-electron chi connectivity index (χ3n) is 3.22. The molecule has 0 aliphatic heterocycles. The molecule has 0 saturated heterocycles. The average Bonchev–Trinajstić information content (AvgIpc) is 2.43. The van der Waals surface area contributed by atoms with Crippen LogP contribution in [0.25, 0.3) is 10.8 Å². The molecule has 0 radical (unpaired) electrons. The molecule has 0 bridgehead atoms. The van der Waals surface area contributed by atoms with E-state index >= 15 is 0 Å². The van der Waals surface area contributed by atoms with Crippen molar-refractivity contribution in [2.24, 2.45) is 0 Å². The van der Waals surface area contributed by atoms with E-state index < -0.39 is 62.6 Å². The van der Waals surface area contributed by atoms with Crippen LogP contribution in [0, 0.1) is 0 Å². The van der Waals surface area contributed by atoms with E-state index in [9.17, 15) is 39.6 Å². The van der Waals surface area contributed by atoms with E-state index in [1.807, 2.05) is 0 Å². The molecule has 0 atom stereocenters. The van der Waals surface area contributed by atoms with Gasteiger partial charge in [-0.25, -0.2) is 19.2 Å². The molecule has 0 aliphatic rings. The summed E-state index contributed by atoms with van der Waals surface area (Å²) in [5.41, 5.74) is 2.71. The maximum atomic E-state index is 11.4. The average molecular weight is 319 g/mol. The Balaban J connectivity index is 3.26. The van der Waals surface area contributed by atoms with Gasteiger partial charge >= 0.3 is 23.9 Å². The fourth-order valence-electron chi connectivity index (χ4n) is 2.34. The minimum absolute atomic E-state index is 0.479. The molecular formula is C14H9NO8. The smallest absolute Gasteiger partial charge is 0.338 e. The van der Waals surface area contributed by atoms with E-state index in [1.54, 1.807) is 0 Å². The van der Waals surface area contributed by atoms with Crippen LogP contribution in [0.4, 0.5) is 5.69 Å². The van der Waals surface area contributed by atoms with E-state index in [0.717, 1.165) is 18.2 Å². The van der Waals surface area contributed by atoms with Crippen molar-refractivity contribution in [3.05, 3.63) is 40.5 Å². The fraction of sp³-hybridized carbons (Fsp3) is 0. The van der Waals surface area contributed by atoms with E-state index in [4.69, 9.17) is 5.73 Å². The number of anilines is 1. The summed E-state index contributed by atoms with van der Waals surface area (Å²) < 4.78 is 0. The van der Waals surface area contributed by atoms with E-state index in [-0.39, 0.29) is 0 Å².